The molecule has 0 aromatic heterocycles. The number of carbonyl (C=O) groups excluding carboxylic acids is 1. The average molecular weight is 388 g/mol. The van der Waals surface area contributed by atoms with E-state index in [1.807, 2.05) is 24.3 Å². The molecule has 144 valence electrons. The Labute approximate surface area is 160 Å². The van der Waals surface area contributed by atoms with Gasteiger partial charge in [0, 0.05) is 19.6 Å². The summed E-state index contributed by atoms with van der Waals surface area (Å²) in [4.78, 5) is 11.9. The molecule has 1 heterocycles. The number of nitrogens with zero attached hydrogens (tertiary/aromatic N) is 1. The molecule has 0 saturated carbocycles. The van der Waals surface area contributed by atoms with Crippen LogP contribution in [0.5, 0.6) is 0 Å². The lowest BCUT2D eigenvalue weighted by atomic mass is 10.0. The summed E-state index contributed by atoms with van der Waals surface area (Å²) >= 11 is 0. The van der Waals surface area contributed by atoms with Gasteiger partial charge in [0.2, 0.25) is 10.0 Å². The molecule has 27 heavy (non-hydrogen) atoms. The first-order chi connectivity index (χ1) is 13.0. The number of hydrogen-bond acceptors (Lipinski definition) is 5. The van der Waals surface area contributed by atoms with Crippen LogP contribution in [0.25, 0.3) is 0 Å². The Kier molecular flexibility index (Phi) is 5.94. The Morgan fingerprint density at radius 3 is 2.63 bits per heavy atom. The lowest BCUT2D eigenvalue weighted by molar-refractivity contribution is 0.0600. The van der Waals surface area contributed by atoms with E-state index in [-0.39, 0.29) is 16.5 Å². The SMILES string of the molecule is CCc1ccc(C2CNCCN2S(=O)(=O)c2cccc(C(=O)OC)c2)cc1. The number of rotatable bonds is 5. The van der Waals surface area contributed by atoms with Gasteiger partial charge >= 0.3 is 5.97 Å². The number of aryl methyl sites for hydroxylation is 1. The largest absolute Gasteiger partial charge is 0.465 e. The van der Waals surface area contributed by atoms with Gasteiger partial charge in [-0.25, -0.2) is 13.2 Å². The van der Waals surface area contributed by atoms with E-state index in [1.54, 1.807) is 12.1 Å². The van der Waals surface area contributed by atoms with Crippen LogP contribution >= 0.6 is 0 Å². The van der Waals surface area contributed by atoms with Gasteiger partial charge in [-0.3, -0.25) is 0 Å². The highest BCUT2D eigenvalue weighted by atomic mass is 32.2. The van der Waals surface area contributed by atoms with Crippen molar-refractivity contribution < 1.29 is 17.9 Å². The minimum atomic E-state index is -3.75. The highest BCUT2D eigenvalue weighted by Crippen LogP contribution is 2.29. The predicted octanol–water partition coefficient (Wildman–Crippen LogP) is 2.37. The zero-order valence-corrected chi connectivity index (χ0v) is 16.3. The second-order valence-electron chi connectivity index (χ2n) is 6.45. The van der Waals surface area contributed by atoms with E-state index in [4.69, 9.17) is 4.74 Å². The van der Waals surface area contributed by atoms with Gasteiger partial charge < -0.3 is 10.1 Å². The van der Waals surface area contributed by atoms with Crippen LogP contribution in [-0.4, -0.2) is 45.4 Å². The molecular formula is C20H24N2O4S. The number of piperazine rings is 1. The quantitative estimate of drug-likeness (QED) is 0.796. The molecule has 2 aromatic carbocycles. The van der Waals surface area contributed by atoms with Crippen molar-refractivity contribution in [2.24, 2.45) is 0 Å². The molecule has 1 aliphatic heterocycles. The van der Waals surface area contributed by atoms with Crippen LogP contribution in [-0.2, 0) is 21.2 Å². The fourth-order valence-corrected chi connectivity index (χ4v) is 4.93. The third kappa shape index (κ3) is 4.05. The summed E-state index contributed by atoms with van der Waals surface area (Å²) < 4.78 is 32.8. The summed E-state index contributed by atoms with van der Waals surface area (Å²) in [6.07, 6.45) is 0.936. The van der Waals surface area contributed by atoms with E-state index in [0.29, 0.717) is 19.6 Å². The fourth-order valence-electron chi connectivity index (χ4n) is 3.27. The van der Waals surface area contributed by atoms with E-state index < -0.39 is 16.0 Å². The molecule has 2 aromatic rings. The van der Waals surface area contributed by atoms with Crippen molar-refractivity contribution in [3.8, 4) is 0 Å². The molecule has 1 aliphatic rings. The monoisotopic (exact) mass is 388 g/mol. The van der Waals surface area contributed by atoms with Gasteiger partial charge in [0.25, 0.3) is 0 Å². The molecule has 1 saturated heterocycles. The van der Waals surface area contributed by atoms with Gasteiger partial charge in [-0.1, -0.05) is 37.3 Å². The zero-order chi connectivity index (χ0) is 19.4. The van der Waals surface area contributed by atoms with Crippen LogP contribution in [0, 0.1) is 0 Å². The zero-order valence-electron chi connectivity index (χ0n) is 15.5. The maximum absolute atomic E-state index is 13.3. The molecule has 0 amide bonds. The van der Waals surface area contributed by atoms with Gasteiger partial charge in [-0.05, 0) is 35.7 Å². The molecule has 1 atom stereocenters. The number of hydrogen-bond donors (Lipinski definition) is 1. The minimum absolute atomic E-state index is 0.0995. The Bertz CT molecular complexity index is 910. The number of benzene rings is 2. The summed E-state index contributed by atoms with van der Waals surface area (Å²) in [5, 5.41) is 3.27. The van der Waals surface area contributed by atoms with Crippen LogP contribution in [0.2, 0.25) is 0 Å². The maximum Gasteiger partial charge on any atom is 0.337 e. The van der Waals surface area contributed by atoms with Crippen LogP contribution in [0.3, 0.4) is 0 Å². The first kappa shape index (κ1) is 19.5. The predicted molar refractivity (Wildman–Crippen MR) is 103 cm³/mol. The summed E-state index contributed by atoms with van der Waals surface area (Å²) in [6.45, 7) is 3.58. The van der Waals surface area contributed by atoms with E-state index in [9.17, 15) is 13.2 Å². The molecule has 1 fully saturated rings. The Morgan fingerprint density at radius 1 is 1.22 bits per heavy atom. The molecule has 0 bridgehead atoms. The van der Waals surface area contributed by atoms with Gasteiger partial charge in [-0.2, -0.15) is 4.31 Å². The Morgan fingerprint density at radius 2 is 1.96 bits per heavy atom. The molecule has 7 heteroatoms. The third-order valence-electron chi connectivity index (χ3n) is 4.83. The van der Waals surface area contributed by atoms with Crippen LogP contribution < -0.4 is 5.32 Å². The van der Waals surface area contributed by atoms with Crippen molar-refractivity contribution in [3.05, 3.63) is 65.2 Å². The second kappa shape index (κ2) is 8.21. The van der Waals surface area contributed by atoms with E-state index >= 15 is 0 Å². The third-order valence-corrected chi connectivity index (χ3v) is 6.73. The molecule has 1 N–H and O–H groups in total. The van der Waals surface area contributed by atoms with E-state index in [0.717, 1.165) is 12.0 Å². The van der Waals surface area contributed by atoms with E-state index in [1.165, 1.54) is 29.1 Å². The number of nitrogens with one attached hydrogen (secondary N) is 1. The number of esters is 1. The molecule has 1 unspecified atom stereocenters. The van der Waals surface area contributed by atoms with E-state index in [2.05, 4.69) is 12.2 Å². The van der Waals surface area contributed by atoms with Crippen molar-refractivity contribution in [2.45, 2.75) is 24.3 Å². The molecule has 0 spiro atoms. The Balaban J connectivity index is 1.96. The van der Waals surface area contributed by atoms with Crippen molar-refractivity contribution in [1.29, 1.82) is 0 Å². The number of sulfonamides is 1. The first-order valence-corrected chi connectivity index (χ1v) is 10.4. The summed E-state index contributed by atoms with van der Waals surface area (Å²) in [5.41, 5.74) is 2.38. The van der Waals surface area contributed by atoms with Gasteiger partial charge in [-0.15, -0.1) is 0 Å². The van der Waals surface area contributed by atoms with Crippen molar-refractivity contribution in [3.63, 3.8) is 0 Å². The van der Waals surface area contributed by atoms with Gasteiger partial charge in [0.15, 0.2) is 0 Å². The van der Waals surface area contributed by atoms with Crippen LogP contribution in [0.15, 0.2) is 53.4 Å². The molecule has 6 nitrogen and oxygen atoms in total. The maximum atomic E-state index is 13.3. The number of ether oxygens (including phenoxy) is 1. The standard InChI is InChI=1S/C20H24N2O4S/c1-3-15-7-9-16(10-8-15)19-14-21-11-12-22(19)27(24,25)18-6-4-5-17(13-18)20(23)26-2/h4-10,13,19,21H,3,11-12,14H2,1-2H3. The summed E-state index contributed by atoms with van der Waals surface area (Å²) in [6, 6.07) is 13.8. The smallest absolute Gasteiger partial charge is 0.337 e. The number of carbonyl (C=O) groups is 1. The molecule has 0 aliphatic carbocycles. The fraction of sp³-hybridized carbons (Fsp3) is 0.350. The Hall–Kier alpha value is -2.22. The van der Waals surface area contributed by atoms with Crippen molar-refractivity contribution in [1.82, 2.24) is 9.62 Å². The minimum Gasteiger partial charge on any atom is -0.465 e. The molecular weight excluding hydrogens is 364 g/mol. The van der Waals surface area contributed by atoms with Gasteiger partial charge in [0.1, 0.15) is 0 Å². The molecule has 3 rings (SSSR count). The van der Waals surface area contributed by atoms with Crippen LogP contribution in [0.1, 0.15) is 34.5 Å². The van der Waals surface area contributed by atoms with Gasteiger partial charge in [0.05, 0.1) is 23.6 Å². The lowest BCUT2D eigenvalue weighted by Crippen LogP contribution is -2.48. The van der Waals surface area contributed by atoms with Crippen molar-refractivity contribution >= 4 is 16.0 Å². The summed E-state index contributed by atoms with van der Waals surface area (Å²) in [7, 11) is -2.48. The number of methoxy groups -OCH3 is 1. The lowest BCUT2D eigenvalue weighted by Gasteiger charge is -2.35. The first-order valence-electron chi connectivity index (χ1n) is 8.97. The topological polar surface area (TPSA) is 75.7 Å². The second-order valence-corrected chi connectivity index (χ2v) is 8.34. The normalized spacial score (nSPS) is 18.2. The highest BCUT2D eigenvalue weighted by molar-refractivity contribution is 7.89. The van der Waals surface area contributed by atoms with Crippen LogP contribution in [0.4, 0.5) is 0 Å². The highest BCUT2D eigenvalue weighted by Gasteiger charge is 2.34. The molecule has 0 radical (unpaired) electrons. The van der Waals surface area contributed by atoms with Crippen molar-refractivity contribution in [2.75, 3.05) is 26.7 Å². The average Bonchev–Trinajstić information content (AvgIpc) is 2.73. The summed E-state index contributed by atoms with van der Waals surface area (Å²) in [5.74, 6) is -0.556.